The van der Waals surface area contributed by atoms with E-state index in [0.717, 1.165) is 0 Å². The van der Waals surface area contributed by atoms with Crippen molar-refractivity contribution in [3.8, 4) is 5.69 Å². The van der Waals surface area contributed by atoms with Gasteiger partial charge in [-0.25, -0.2) is 33.2 Å². The third-order valence-electron chi connectivity index (χ3n) is 4.33. The molecule has 0 spiro atoms. The Morgan fingerprint density at radius 2 is 1.54 bits per heavy atom. The molecule has 16 heteroatoms. The predicted octanol–water partition coefficient (Wildman–Crippen LogP) is 7.37. The molecule has 0 bridgehead atoms. The molecule has 5 nitrogen and oxygen atoms in total. The molecule has 0 aliphatic carbocycles. The van der Waals surface area contributed by atoms with Crippen molar-refractivity contribution in [3.05, 3.63) is 57.8 Å². The van der Waals surface area contributed by atoms with E-state index >= 15 is 0 Å². The van der Waals surface area contributed by atoms with Crippen molar-refractivity contribution in [2.24, 2.45) is 0 Å². The zero-order valence-electron chi connectivity index (χ0n) is 17.1. The summed E-state index contributed by atoms with van der Waals surface area (Å²) in [4.78, 5) is 5.73. The number of hydrogen-bond donors (Lipinski definition) is 1. The van der Waals surface area contributed by atoms with Gasteiger partial charge in [-0.3, -0.25) is 0 Å². The number of anilines is 1. The monoisotopic (exact) mass is 550 g/mol. The van der Waals surface area contributed by atoms with Gasteiger partial charge in [-0.05, 0) is 18.7 Å². The minimum Gasteiger partial charge on any atom is -0.382 e. The Morgan fingerprint density at radius 3 is 2.00 bits per heavy atom. The Kier molecular flexibility index (Phi) is 6.85. The molecule has 0 aliphatic heterocycles. The summed E-state index contributed by atoms with van der Waals surface area (Å²) in [5.41, 5.74) is -4.35. The Morgan fingerprint density at radius 1 is 0.971 bits per heavy atom. The van der Waals surface area contributed by atoms with Crippen molar-refractivity contribution in [3.63, 3.8) is 0 Å². The quantitative estimate of drug-likeness (QED) is 0.266. The van der Waals surface area contributed by atoms with Gasteiger partial charge >= 0.3 is 18.5 Å². The van der Waals surface area contributed by atoms with Crippen LogP contribution in [0.4, 0.5) is 45.3 Å². The number of rotatable bonds is 5. The van der Waals surface area contributed by atoms with Crippen LogP contribution >= 0.6 is 23.2 Å². The summed E-state index contributed by atoms with van der Waals surface area (Å²) >= 11 is 11.9. The number of nitrogens with zero attached hydrogens (tertiary/aromatic N) is 4. The summed E-state index contributed by atoms with van der Waals surface area (Å²) in [5.74, 6) is -2.73. The van der Waals surface area contributed by atoms with E-state index in [-0.39, 0.29) is 6.54 Å². The van der Waals surface area contributed by atoms with Crippen molar-refractivity contribution in [2.75, 3.05) is 11.9 Å². The minimum atomic E-state index is -5.39. The van der Waals surface area contributed by atoms with Gasteiger partial charge in [-0.15, -0.1) is 5.10 Å². The lowest BCUT2D eigenvalue weighted by Gasteiger charge is -2.17. The van der Waals surface area contributed by atoms with E-state index in [4.69, 9.17) is 23.2 Å². The Bertz CT molecular complexity index is 1270. The third kappa shape index (κ3) is 5.53. The number of aromatic nitrogens is 4. The molecule has 2 aromatic heterocycles. The Hall–Kier alpha value is -2.87. The average molecular weight is 551 g/mol. The van der Waals surface area contributed by atoms with Crippen molar-refractivity contribution in [1.29, 1.82) is 0 Å². The average Bonchev–Trinajstić information content (AvgIpc) is 3.02. The van der Waals surface area contributed by atoms with Gasteiger partial charge < -0.3 is 5.32 Å². The molecule has 0 saturated heterocycles. The highest BCUT2D eigenvalue weighted by Gasteiger charge is 2.43. The molecule has 0 saturated carbocycles. The van der Waals surface area contributed by atoms with E-state index in [9.17, 15) is 39.5 Å². The van der Waals surface area contributed by atoms with Gasteiger partial charge in [0.1, 0.15) is 11.5 Å². The maximum absolute atomic E-state index is 13.7. The number of alkyl halides is 9. The first-order chi connectivity index (χ1) is 15.9. The fraction of sp³-hybridized carbons (Fsp3) is 0.263. The first kappa shape index (κ1) is 26.7. The van der Waals surface area contributed by atoms with Gasteiger partial charge in [0.2, 0.25) is 5.82 Å². The smallest absolute Gasteiger partial charge is 0.382 e. The zero-order chi connectivity index (χ0) is 26.5. The second kappa shape index (κ2) is 8.97. The molecule has 35 heavy (non-hydrogen) atoms. The van der Waals surface area contributed by atoms with E-state index in [1.807, 2.05) is 0 Å². The van der Waals surface area contributed by atoms with Crippen LogP contribution < -0.4 is 5.32 Å². The highest BCUT2D eigenvalue weighted by Crippen LogP contribution is 2.43. The van der Waals surface area contributed by atoms with Crippen molar-refractivity contribution < 1.29 is 39.5 Å². The lowest BCUT2D eigenvalue weighted by molar-refractivity contribution is -0.151. The van der Waals surface area contributed by atoms with Crippen LogP contribution in [0.2, 0.25) is 10.0 Å². The van der Waals surface area contributed by atoms with E-state index in [2.05, 4.69) is 27.0 Å². The molecule has 1 N–H and O–H groups in total. The van der Waals surface area contributed by atoms with E-state index < -0.39 is 68.2 Å². The van der Waals surface area contributed by atoms with Crippen molar-refractivity contribution in [2.45, 2.75) is 25.5 Å². The fourth-order valence-corrected chi connectivity index (χ4v) is 3.55. The second-order valence-corrected chi connectivity index (χ2v) is 7.88. The van der Waals surface area contributed by atoms with Gasteiger partial charge in [0.15, 0.2) is 11.3 Å². The molecule has 3 rings (SSSR count). The van der Waals surface area contributed by atoms with Crippen LogP contribution in [0.3, 0.4) is 0 Å². The van der Waals surface area contributed by atoms with Gasteiger partial charge in [0.05, 0.1) is 21.0 Å². The van der Waals surface area contributed by atoms with Crippen molar-refractivity contribution in [1.82, 2.24) is 19.7 Å². The van der Waals surface area contributed by atoms with Crippen LogP contribution in [0.25, 0.3) is 16.7 Å². The summed E-state index contributed by atoms with van der Waals surface area (Å²) in [5, 5.41) is 3.81. The highest BCUT2D eigenvalue weighted by molar-refractivity contribution is 6.38. The molecule has 2 heterocycles. The molecule has 0 unspecified atom stereocenters. The number of benzene rings is 1. The molecule has 0 aliphatic rings. The van der Waals surface area contributed by atoms with Gasteiger partial charge in [0, 0.05) is 0 Å². The predicted molar refractivity (Wildman–Crippen MR) is 109 cm³/mol. The highest BCUT2D eigenvalue weighted by atomic mass is 35.5. The number of halogens is 11. The van der Waals surface area contributed by atoms with Crippen LogP contribution in [-0.2, 0) is 18.5 Å². The van der Waals surface area contributed by atoms with Gasteiger partial charge in [-0.1, -0.05) is 30.1 Å². The fourth-order valence-electron chi connectivity index (χ4n) is 2.90. The summed E-state index contributed by atoms with van der Waals surface area (Å²) in [6, 6.07) is 0.882. The van der Waals surface area contributed by atoms with Gasteiger partial charge in [0.25, 0.3) is 0 Å². The van der Waals surface area contributed by atoms with Crippen LogP contribution in [0, 0.1) is 6.42 Å². The number of hydrogen-bond acceptors (Lipinski definition) is 4. The van der Waals surface area contributed by atoms with E-state index in [1.54, 1.807) is 6.92 Å². The maximum Gasteiger partial charge on any atom is 0.451 e. The maximum atomic E-state index is 13.7. The summed E-state index contributed by atoms with van der Waals surface area (Å²) in [6.07, 6.45) is -14.2. The third-order valence-corrected chi connectivity index (χ3v) is 4.91. The molecule has 0 amide bonds. The molecule has 0 atom stereocenters. The largest absolute Gasteiger partial charge is 0.451 e. The van der Waals surface area contributed by atoms with E-state index in [1.165, 1.54) is 6.42 Å². The zero-order valence-corrected chi connectivity index (χ0v) is 18.6. The van der Waals surface area contributed by atoms with Crippen LogP contribution in [0.5, 0.6) is 0 Å². The van der Waals surface area contributed by atoms with Crippen molar-refractivity contribution >= 4 is 40.1 Å². The standard InChI is InChI=1S/C19H11Cl2F9N5/c1-7(2)3-4-31-15-11-13(18(25,26)27)32-16(19(28,29)30)33-14(11)34-35(15)12-9(20)5-8(6-10(12)21)17(22,23)24/h3,5-6,31H,1,4H2,2H3/q-1. The second-order valence-electron chi connectivity index (χ2n) is 7.07. The first-order valence-electron chi connectivity index (χ1n) is 9.15. The van der Waals surface area contributed by atoms with Crippen LogP contribution in [0.15, 0.2) is 24.3 Å². The van der Waals surface area contributed by atoms with Crippen LogP contribution in [0.1, 0.15) is 24.0 Å². The molecule has 190 valence electrons. The summed E-state index contributed by atoms with van der Waals surface area (Å²) in [6.45, 7) is 4.93. The number of fused-ring (bicyclic) bond motifs is 1. The molecule has 0 radical (unpaired) electrons. The van der Waals surface area contributed by atoms with Gasteiger partial charge in [-0.2, -0.15) is 39.5 Å². The summed E-state index contributed by atoms with van der Waals surface area (Å²) < 4.78 is 121. The minimum absolute atomic E-state index is 0.204. The lowest BCUT2D eigenvalue weighted by Crippen LogP contribution is -2.18. The summed E-state index contributed by atoms with van der Waals surface area (Å²) in [7, 11) is 0. The number of nitrogens with one attached hydrogen (secondary N) is 1. The molecule has 0 fully saturated rings. The SMILES string of the molecule is C=C(C)[CH-]CNc1c2c(C(F)(F)F)nc(C(F)(F)F)nc2nn1-c1c(Cl)cc(C(F)(F)F)cc1Cl. The molecule has 3 aromatic rings. The van der Waals surface area contributed by atoms with Crippen LogP contribution in [-0.4, -0.2) is 26.3 Å². The topological polar surface area (TPSA) is 55.6 Å². The Labute approximate surface area is 200 Å². The Balaban J connectivity index is 2.40. The molecule has 1 aromatic carbocycles. The molecular weight excluding hydrogens is 540 g/mol. The van der Waals surface area contributed by atoms with E-state index in [0.29, 0.717) is 22.4 Å². The normalized spacial score (nSPS) is 12.8. The first-order valence-corrected chi connectivity index (χ1v) is 9.91. The lowest BCUT2D eigenvalue weighted by atomic mass is 10.2. The molecular formula is C19H11Cl2F9N5-.